The first-order valence-corrected chi connectivity index (χ1v) is 7.51. The fourth-order valence-electron chi connectivity index (χ4n) is 1.55. The van der Waals surface area contributed by atoms with E-state index in [2.05, 4.69) is 60.0 Å². The van der Waals surface area contributed by atoms with Gasteiger partial charge in [-0.2, -0.15) is 11.8 Å². The fraction of sp³-hybridized carbons (Fsp3) is 0.500. The lowest BCUT2D eigenvalue weighted by Crippen LogP contribution is -2.41. The summed E-state index contributed by atoms with van der Waals surface area (Å²) in [4.78, 5) is 4.24. The highest BCUT2D eigenvalue weighted by Crippen LogP contribution is 2.10. The quantitative estimate of drug-likeness (QED) is 0.458. The number of benzene rings is 1. The maximum Gasteiger partial charge on any atom is 0.191 e. The molecule has 1 aromatic rings. The first-order valence-electron chi connectivity index (χ1n) is 6.22. The largest absolute Gasteiger partial charge is 0.355 e. The van der Waals surface area contributed by atoms with E-state index in [0.29, 0.717) is 5.25 Å². The van der Waals surface area contributed by atoms with Crippen LogP contribution in [0.5, 0.6) is 0 Å². The number of hydrogen-bond acceptors (Lipinski definition) is 2. The van der Waals surface area contributed by atoms with Crippen molar-refractivity contribution in [2.45, 2.75) is 25.1 Å². The summed E-state index contributed by atoms with van der Waals surface area (Å²) in [6, 6.07) is 10.6. The molecule has 0 radical (unpaired) electrons. The highest BCUT2D eigenvalue weighted by atomic mass is 127. The summed E-state index contributed by atoms with van der Waals surface area (Å²) in [6.45, 7) is 5.26. The van der Waals surface area contributed by atoms with Crippen LogP contribution in [-0.2, 0) is 0 Å². The molecule has 5 heteroatoms. The molecule has 1 aromatic carbocycles. The van der Waals surface area contributed by atoms with Gasteiger partial charge in [0.1, 0.15) is 0 Å². The molecule has 1 rings (SSSR count). The van der Waals surface area contributed by atoms with Crippen LogP contribution in [0.1, 0.15) is 25.5 Å². The van der Waals surface area contributed by atoms with Crippen LogP contribution < -0.4 is 10.6 Å². The summed E-state index contributed by atoms with van der Waals surface area (Å²) in [5.74, 6) is 0.854. The molecular formula is C14H24IN3S. The fourth-order valence-corrected chi connectivity index (χ4v) is 1.80. The highest BCUT2D eigenvalue weighted by molar-refractivity contribution is 14.0. The first-order chi connectivity index (χ1) is 8.67. The van der Waals surface area contributed by atoms with Crippen LogP contribution in [0.25, 0.3) is 0 Å². The average Bonchev–Trinajstić information content (AvgIpc) is 2.43. The van der Waals surface area contributed by atoms with Gasteiger partial charge in [0.2, 0.25) is 0 Å². The van der Waals surface area contributed by atoms with Crippen molar-refractivity contribution in [1.29, 1.82) is 0 Å². The zero-order chi connectivity index (χ0) is 13.4. The van der Waals surface area contributed by atoms with E-state index in [9.17, 15) is 0 Å². The van der Waals surface area contributed by atoms with Crippen molar-refractivity contribution < 1.29 is 0 Å². The Morgan fingerprint density at radius 1 is 1.26 bits per heavy atom. The molecule has 0 saturated heterocycles. The van der Waals surface area contributed by atoms with Gasteiger partial charge in [-0.25, -0.2) is 0 Å². The van der Waals surface area contributed by atoms with E-state index in [0.717, 1.165) is 12.5 Å². The number of halogens is 1. The number of hydrogen-bond donors (Lipinski definition) is 2. The second kappa shape index (κ2) is 10.4. The van der Waals surface area contributed by atoms with Gasteiger partial charge >= 0.3 is 0 Å². The number of nitrogens with one attached hydrogen (secondary N) is 2. The molecular weight excluding hydrogens is 369 g/mol. The Morgan fingerprint density at radius 3 is 2.42 bits per heavy atom. The number of thioether (sulfide) groups is 1. The zero-order valence-electron chi connectivity index (χ0n) is 12.0. The topological polar surface area (TPSA) is 36.4 Å². The average molecular weight is 393 g/mol. The molecule has 2 atom stereocenters. The van der Waals surface area contributed by atoms with Gasteiger partial charge in [0.15, 0.2) is 5.96 Å². The van der Waals surface area contributed by atoms with Crippen LogP contribution in [-0.4, -0.2) is 31.1 Å². The standard InChI is InChI=1S/C14H23N3S.HI/c1-11(18-4)10-16-14(15-3)17-12(2)13-8-6-5-7-9-13;/h5-9,11-12H,10H2,1-4H3,(H2,15,16,17);1H. The summed E-state index contributed by atoms with van der Waals surface area (Å²) in [5.41, 5.74) is 1.26. The smallest absolute Gasteiger partial charge is 0.191 e. The van der Waals surface area contributed by atoms with Gasteiger partial charge in [-0.1, -0.05) is 37.3 Å². The summed E-state index contributed by atoms with van der Waals surface area (Å²) in [5, 5.41) is 7.31. The maximum absolute atomic E-state index is 4.24. The lowest BCUT2D eigenvalue weighted by molar-refractivity contribution is 0.684. The SMILES string of the molecule is CN=C(NCC(C)SC)NC(C)c1ccccc1.I. The molecule has 0 bridgehead atoms. The van der Waals surface area contributed by atoms with Gasteiger partial charge in [-0.05, 0) is 18.7 Å². The molecule has 2 N–H and O–H groups in total. The van der Waals surface area contributed by atoms with Crippen LogP contribution >= 0.6 is 35.7 Å². The van der Waals surface area contributed by atoms with Gasteiger partial charge < -0.3 is 10.6 Å². The van der Waals surface area contributed by atoms with E-state index in [4.69, 9.17) is 0 Å². The number of aliphatic imine (C=N–C) groups is 1. The predicted octanol–water partition coefficient (Wildman–Crippen LogP) is 3.28. The van der Waals surface area contributed by atoms with Crippen LogP contribution in [0, 0.1) is 0 Å². The van der Waals surface area contributed by atoms with Crippen molar-refractivity contribution >= 4 is 41.7 Å². The summed E-state index contributed by atoms with van der Waals surface area (Å²) in [6.07, 6.45) is 2.12. The second-order valence-corrected chi connectivity index (χ2v) is 5.55. The van der Waals surface area contributed by atoms with E-state index < -0.39 is 0 Å². The summed E-state index contributed by atoms with van der Waals surface area (Å²) >= 11 is 1.85. The molecule has 0 aliphatic heterocycles. The van der Waals surface area contributed by atoms with E-state index in [1.165, 1.54) is 5.56 Å². The van der Waals surface area contributed by atoms with Crippen molar-refractivity contribution in [1.82, 2.24) is 10.6 Å². The lowest BCUT2D eigenvalue weighted by Gasteiger charge is -2.19. The highest BCUT2D eigenvalue weighted by Gasteiger charge is 2.07. The number of rotatable bonds is 5. The van der Waals surface area contributed by atoms with Gasteiger partial charge in [-0.15, -0.1) is 24.0 Å². The Kier molecular flexibility index (Phi) is 10.1. The van der Waals surface area contributed by atoms with Crippen molar-refractivity contribution in [2.75, 3.05) is 19.8 Å². The van der Waals surface area contributed by atoms with Crippen molar-refractivity contribution in [3.63, 3.8) is 0 Å². The Balaban J connectivity index is 0.00000324. The summed E-state index contributed by atoms with van der Waals surface area (Å²) < 4.78 is 0. The van der Waals surface area contributed by atoms with Gasteiger partial charge in [-0.3, -0.25) is 4.99 Å². The normalized spacial score (nSPS) is 14.2. The second-order valence-electron chi connectivity index (χ2n) is 4.28. The Morgan fingerprint density at radius 2 is 1.89 bits per heavy atom. The lowest BCUT2D eigenvalue weighted by atomic mass is 10.1. The van der Waals surface area contributed by atoms with E-state index >= 15 is 0 Å². The van der Waals surface area contributed by atoms with E-state index in [1.807, 2.05) is 17.8 Å². The molecule has 0 aliphatic carbocycles. The third-order valence-corrected chi connectivity index (χ3v) is 3.81. The maximum atomic E-state index is 4.24. The van der Waals surface area contributed by atoms with E-state index in [-0.39, 0.29) is 30.0 Å². The minimum atomic E-state index is 0. The van der Waals surface area contributed by atoms with Crippen molar-refractivity contribution in [2.24, 2.45) is 4.99 Å². The molecule has 0 aromatic heterocycles. The van der Waals surface area contributed by atoms with Gasteiger partial charge in [0.05, 0.1) is 6.04 Å². The molecule has 108 valence electrons. The van der Waals surface area contributed by atoms with Crippen LogP contribution in [0.3, 0.4) is 0 Å². The molecule has 2 unspecified atom stereocenters. The Bertz CT molecular complexity index is 370. The molecule has 0 heterocycles. The van der Waals surface area contributed by atoms with Crippen LogP contribution in [0.2, 0.25) is 0 Å². The monoisotopic (exact) mass is 393 g/mol. The zero-order valence-corrected chi connectivity index (χ0v) is 15.2. The van der Waals surface area contributed by atoms with Crippen LogP contribution in [0.15, 0.2) is 35.3 Å². The molecule has 3 nitrogen and oxygen atoms in total. The minimum Gasteiger partial charge on any atom is -0.355 e. The number of guanidine groups is 1. The number of nitrogens with zero attached hydrogens (tertiary/aromatic N) is 1. The van der Waals surface area contributed by atoms with Gasteiger partial charge in [0.25, 0.3) is 0 Å². The third kappa shape index (κ3) is 7.06. The minimum absolute atomic E-state index is 0. The molecule has 0 spiro atoms. The Hall–Kier alpha value is -0.430. The molecule has 0 fully saturated rings. The predicted molar refractivity (Wildman–Crippen MR) is 97.7 cm³/mol. The third-order valence-electron chi connectivity index (χ3n) is 2.84. The first kappa shape index (κ1) is 18.6. The molecule has 0 aliphatic rings. The molecule has 19 heavy (non-hydrogen) atoms. The Labute approximate surface area is 138 Å². The van der Waals surface area contributed by atoms with Gasteiger partial charge in [0, 0.05) is 18.8 Å². The molecule has 0 saturated carbocycles. The van der Waals surface area contributed by atoms with E-state index in [1.54, 1.807) is 7.05 Å². The van der Waals surface area contributed by atoms with Crippen LogP contribution in [0.4, 0.5) is 0 Å². The summed E-state index contributed by atoms with van der Waals surface area (Å²) in [7, 11) is 1.80. The van der Waals surface area contributed by atoms with Crippen molar-refractivity contribution in [3.05, 3.63) is 35.9 Å². The van der Waals surface area contributed by atoms with Crippen molar-refractivity contribution in [3.8, 4) is 0 Å². The molecule has 0 amide bonds.